The van der Waals surface area contributed by atoms with Crippen molar-refractivity contribution in [3.63, 3.8) is 0 Å². The van der Waals surface area contributed by atoms with E-state index in [0.717, 1.165) is 6.07 Å². The van der Waals surface area contributed by atoms with Crippen molar-refractivity contribution < 1.29 is 27.8 Å². The van der Waals surface area contributed by atoms with E-state index in [1.54, 1.807) is 22.6 Å². The molecule has 16 heavy (non-hydrogen) atoms. The number of ether oxygens (including phenoxy) is 1. The van der Waals surface area contributed by atoms with Gasteiger partial charge in [-0.15, -0.1) is 13.2 Å². The summed E-state index contributed by atoms with van der Waals surface area (Å²) < 4.78 is 39.8. The Morgan fingerprint density at radius 3 is 2.56 bits per heavy atom. The van der Waals surface area contributed by atoms with Gasteiger partial charge in [-0.05, 0) is 41.1 Å². The molecule has 0 saturated heterocycles. The van der Waals surface area contributed by atoms with Crippen molar-refractivity contribution in [2.45, 2.75) is 13.3 Å². The predicted octanol–water partition coefficient (Wildman–Crippen LogP) is 2.59. The zero-order chi connectivity index (χ0) is 12.5. The molecule has 88 valence electrons. The molecule has 0 atom stereocenters. The van der Waals surface area contributed by atoms with E-state index in [0.29, 0.717) is 9.26 Å². The molecule has 8 heteroatoms. The van der Waals surface area contributed by atoms with Gasteiger partial charge in [-0.25, -0.2) is 9.78 Å². The van der Waals surface area contributed by atoms with Gasteiger partial charge in [0.05, 0.1) is 0 Å². The third kappa shape index (κ3) is 3.22. The standard InChI is InChI=1S/C8H5F3INO3/c1-3-2-4(16-8(9,10)11)5(7(14)15)13-6(3)12/h2H,1H3,(H,14,15). The number of carboxylic acid groups (broad SMARTS) is 1. The molecule has 1 aromatic heterocycles. The summed E-state index contributed by atoms with van der Waals surface area (Å²) in [4.78, 5) is 14.2. The fourth-order valence-electron chi connectivity index (χ4n) is 0.922. The summed E-state index contributed by atoms with van der Waals surface area (Å²) in [5, 5.41) is 8.66. The number of pyridine rings is 1. The van der Waals surface area contributed by atoms with Crippen molar-refractivity contribution >= 4 is 28.6 Å². The maximum Gasteiger partial charge on any atom is 0.573 e. The van der Waals surface area contributed by atoms with Gasteiger partial charge in [0.2, 0.25) is 0 Å². The number of aromatic nitrogens is 1. The van der Waals surface area contributed by atoms with E-state index >= 15 is 0 Å². The SMILES string of the molecule is Cc1cc(OC(F)(F)F)c(C(=O)O)nc1I. The van der Waals surface area contributed by atoms with Crippen LogP contribution in [-0.2, 0) is 0 Å². The maximum absolute atomic E-state index is 12.0. The number of hydrogen-bond donors (Lipinski definition) is 1. The molecular weight excluding hydrogens is 342 g/mol. The Kier molecular flexibility index (Phi) is 3.61. The molecule has 0 radical (unpaired) electrons. The zero-order valence-electron chi connectivity index (χ0n) is 7.80. The third-order valence-corrected chi connectivity index (χ3v) is 2.64. The largest absolute Gasteiger partial charge is 0.573 e. The molecule has 0 aliphatic carbocycles. The first kappa shape index (κ1) is 13.0. The highest BCUT2D eigenvalue weighted by molar-refractivity contribution is 14.1. The average Bonchev–Trinajstić information content (AvgIpc) is 2.07. The van der Waals surface area contributed by atoms with E-state index in [1.165, 1.54) is 6.92 Å². The van der Waals surface area contributed by atoms with Crippen molar-refractivity contribution in [3.8, 4) is 5.75 Å². The molecular formula is C8H5F3INO3. The van der Waals surface area contributed by atoms with E-state index in [4.69, 9.17) is 5.11 Å². The molecule has 0 aliphatic rings. The number of carboxylic acids is 1. The molecule has 0 amide bonds. The molecule has 0 spiro atoms. The van der Waals surface area contributed by atoms with Crippen LogP contribution in [-0.4, -0.2) is 22.4 Å². The highest BCUT2D eigenvalue weighted by Gasteiger charge is 2.33. The number of alkyl halides is 3. The number of aromatic carboxylic acids is 1. The van der Waals surface area contributed by atoms with Gasteiger partial charge >= 0.3 is 12.3 Å². The fraction of sp³-hybridized carbons (Fsp3) is 0.250. The van der Waals surface area contributed by atoms with Crippen LogP contribution in [0.3, 0.4) is 0 Å². The Hall–Kier alpha value is -1.06. The second-order valence-corrected chi connectivity index (χ2v) is 3.82. The smallest absolute Gasteiger partial charge is 0.476 e. The van der Waals surface area contributed by atoms with Crippen LogP contribution < -0.4 is 4.74 Å². The van der Waals surface area contributed by atoms with Crippen molar-refractivity contribution in [2.75, 3.05) is 0 Å². The average molecular weight is 347 g/mol. The summed E-state index contributed by atoms with van der Waals surface area (Å²) in [5.41, 5.74) is -0.350. The van der Waals surface area contributed by atoms with Gasteiger partial charge in [0.15, 0.2) is 11.4 Å². The molecule has 1 rings (SSSR count). The monoisotopic (exact) mass is 347 g/mol. The van der Waals surface area contributed by atoms with Gasteiger partial charge in [-0.1, -0.05) is 0 Å². The minimum Gasteiger partial charge on any atom is -0.476 e. The van der Waals surface area contributed by atoms with Gasteiger partial charge < -0.3 is 9.84 Å². The molecule has 0 aliphatic heterocycles. The number of nitrogens with zero attached hydrogens (tertiary/aromatic N) is 1. The van der Waals surface area contributed by atoms with E-state index in [9.17, 15) is 18.0 Å². The Bertz CT molecular complexity index is 433. The Balaban J connectivity index is 3.25. The molecule has 0 unspecified atom stereocenters. The summed E-state index contributed by atoms with van der Waals surface area (Å²) in [5.74, 6) is -2.38. The second-order valence-electron chi connectivity index (χ2n) is 2.80. The summed E-state index contributed by atoms with van der Waals surface area (Å²) in [6.45, 7) is 1.50. The lowest BCUT2D eigenvalue weighted by Crippen LogP contribution is -2.20. The third-order valence-electron chi connectivity index (χ3n) is 1.54. The van der Waals surface area contributed by atoms with E-state index in [-0.39, 0.29) is 0 Å². The number of aryl methyl sites for hydroxylation is 1. The molecule has 1 N–H and O–H groups in total. The van der Waals surface area contributed by atoms with Crippen LogP contribution in [0.2, 0.25) is 0 Å². The van der Waals surface area contributed by atoms with Crippen LogP contribution in [0.4, 0.5) is 13.2 Å². The zero-order valence-corrected chi connectivity index (χ0v) is 9.96. The Morgan fingerprint density at radius 1 is 1.56 bits per heavy atom. The van der Waals surface area contributed by atoms with Crippen LogP contribution in [0.15, 0.2) is 6.07 Å². The van der Waals surface area contributed by atoms with Gasteiger partial charge in [0.1, 0.15) is 3.70 Å². The number of carbonyl (C=O) groups is 1. The second kappa shape index (κ2) is 4.44. The van der Waals surface area contributed by atoms with Crippen LogP contribution in [0, 0.1) is 10.6 Å². The minimum absolute atomic E-state index is 0.310. The van der Waals surface area contributed by atoms with Crippen LogP contribution in [0.25, 0.3) is 0 Å². The molecule has 1 aromatic rings. The van der Waals surface area contributed by atoms with E-state index < -0.39 is 23.8 Å². The Labute approximate surface area is 102 Å². The molecule has 1 heterocycles. The first-order valence-electron chi connectivity index (χ1n) is 3.87. The molecule has 0 bridgehead atoms. The molecule has 0 fully saturated rings. The summed E-state index contributed by atoms with van der Waals surface area (Å²) >= 11 is 1.73. The lowest BCUT2D eigenvalue weighted by atomic mass is 10.2. The lowest BCUT2D eigenvalue weighted by Gasteiger charge is -2.11. The summed E-state index contributed by atoms with van der Waals surface area (Å²) in [6.07, 6.45) is -4.94. The quantitative estimate of drug-likeness (QED) is 0.660. The van der Waals surface area contributed by atoms with Crippen LogP contribution in [0.1, 0.15) is 16.1 Å². The first-order valence-corrected chi connectivity index (χ1v) is 4.95. The van der Waals surface area contributed by atoms with Crippen molar-refractivity contribution in [1.29, 1.82) is 0 Å². The molecule has 4 nitrogen and oxygen atoms in total. The molecule has 0 saturated carbocycles. The number of halogens is 4. The van der Waals surface area contributed by atoms with Crippen molar-refractivity contribution in [3.05, 3.63) is 21.0 Å². The summed E-state index contributed by atoms with van der Waals surface area (Å²) in [6, 6.07) is 0.992. The normalized spacial score (nSPS) is 11.3. The van der Waals surface area contributed by atoms with Gasteiger partial charge in [0.25, 0.3) is 0 Å². The number of hydrogen-bond acceptors (Lipinski definition) is 3. The lowest BCUT2D eigenvalue weighted by molar-refractivity contribution is -0.274. The van der Waals surface area contributed by atoms with Crippen LogP contribution >= 0.6 is 22.6 Å². The van der Waals surface area contributed by atoms with E-state index in [1.807, 2.05) is 0 Å². The van der Waals surface area contributed by atoms with Crippen molar-refractivity contribution in [1.82, 2.24) is 4.98 Å². The fourth-order valence-corrected chi connectivity index (χ4v) is 1.32. The van der Waals surface area contributed by atoms with Gasteiger partial charge in [0, 0.05) is 0 Å². The maximum atomic E-state index is 12.0. The van der Waals surface area contributed by atoms with E-state index in [2.05, 4.69) is 9.72 Å². The van der Waals surface area contributed by atoms with Crippen LogP contribution in [0.5, 0.6) is 5.75 Å². The predicted molar refractivity (Wildman–Crippen MR) is 55.3 cm³/mol. The van der Waals surface area contributed by atoms with Gasteiger partial charge in [-0.2, -0.15) is 0 Å². The van der Waals surface area contributed by atoms with Gasteiger partial charge in [-0.3, -0.25) is 0 Å². The highest BCUT2D eigenvalue weighted by Crippen LogP contribution is 2.27. The molecule has 0 aromatic carbocycles. The number of rotatable bonds is 2. The minimum atomic E-state index is -4.94. The highest BCUT2D eigenvalue weighted by atomic mass is 127. The topological polar surface area (TPSA) is 59.4 Å². The Morgan fingerprint density at radius 2 is 2.12 bits per heavy atom. The van der Waals surface area contributed by atoms with Crippen molar-refractivity contribution in [2.24, 2.45) is 0 Å². The first-order chi connectivity index (χ1) is 7.20. The summed E-state index contributed by atoms with van der Waals surface area (Å²) in [7, 11) is 0.